The number of halogens is 2. The number of fused-ring (bicyclic) bond motifs is 6. The highest BCUT2D eigenvalue weighted by molar-refractivity contribution is 6.30. The highest BCUT2D eigenvalue weighted by Gasteiger charge is 2.63. The van der Waals surface area contributed by atoms with Crippen molar-refractivity contribution >= 4 is 23.4 Å². The predicted molar refractivity (Wildman–Crippen MR) is 128 cm³/mol. The molecule has 2 aliphatic carbocycles. The zero-order valence-corrected chi connectivity index (χ0v) is 20.6. The molecule has 8 nitrogen and oxygen atoms in total. The van der Waals surface area contributed by atoms with Crippen LogP contribution in [0, 0.1) is 17.7 Å². The van der Waals surface area contributed by atoms with Crippen molar-refractivity contribution in [1.29, 1.82) is 0 Å². The average Bonchev–Trinajstić information content (AvgIpc) is 3.20. The Morgan fingerprint density at radius 2 is 1.97 bits per heavy atom. The monoisotopic (exact) mass is 515 g/mol. The van der Waals surface area contributed by atoms with E-state index in [1.54, 1.807) is 11.8 Å². The van der Waals surface area contributed by atoms with E-state index in [0.717, 1.165) is 19.3 Å². The quantitative estimate of drug-likeness (QED) is 0.652. The zero-order valence-electron chi connectivity index (χ0n) is 19.8. The molecule has 10 heteroatoms. The lowest BCUT2D eigenvalue weighted by Gasteiger charge is -2.47. The Kier molecular flexibility index (Phi) is 5.25. The number of amides is 2. The Labute approximate surface area is 211 Å². The Morgan fingerprint density at radius 1 is 1.19 bits per heavy atom. The van der Waals surface area contributed by atoms with Gasteiger partial charge >= 0.3 is 0 Å². The van der Waals surface area contributed by atoms with E-state index in [0.29, 0.717) is 23.5 Å². The van der Waals surface area contributed by atoms with Gasteiger partial charge < -0.3 is 20.0 Å². The smallest absolute Gasteiger partial charge is 0.296 e. The molecule has 0 saturated heterocycles. The summed E-state index contributed by atoms with van der Waals surface area (Å²) in [4.78, 5) is 44.1. The first kappa shape index (κ1) is 23.5. The van der Waals surface area contributed by atoms with Gasteiger partial charge in [-0.2, -0.15) is 0 Å². The van der Waals surface area contributed by atoms with E-state index in [9.17, 15) is 29.0 Å². The zero-order chi connectivity index (χ0) is 25.5. The van der Waals surface area contributed by atoms with Gasteiger partial charge in [-0.05, 0) is 62.6 Å². The number of carbonyl (C=O) groups is 2. The van der Waals surface area contributed by atoms with Crippen LogP contribution >= 0.6 is 11.6 Å². The molecular weight excluding hydrogens is 489 g/mol. The number of β-amino-alcohol motifs (C(OH)–C–C–N with tert-alkyl or cyclic N) is 1. The minimum atomic E-state index is -0.916. The van der Waals surface area contributed by atoms with Gasteiger partial charge in [0.25, 0.3) is 17.4 Å². The molecule has 190 valence electrons. The van der Waals surface area contributed by atoms with Crippen molar-refractivity contribution in [3.63, 3.8) is 0 Å². The molecule has 1 aromatic carbocycles. The van der Waals surface area contributed by atoms with Crippen LogP contribution in [0.25, 0.3) is 0 Å². The highest BCUT2D eigenvalue weighted by Crippen LogP contribution is 2.60. The molecule has 6 rings (SSSR count). The van der Waals surface area contributed by atoms with E-state index >= 15 is 0 Å². The molecule has 36 heavy (non-hydrogen) atoms. The van der Waals surface area contributed by atoms with E-state index in [1.807, 2.05) is 0 Å². The van der Waals surface area contributed by atoms with Crippen molar-refractivity contribution in [3.8, 4) is 5.75 Å². The van der Waals surface area contributed by atoms with Crippen LogP contribution in [0.2, 0.25) is 5.02 Å². The molecule has 4 atom stereocenters. The maximum Gasteiger partial charge on any atom is 0.296 e. The number of pyridine rings is 1. The Hall–Kier alpha value is -2.91. The van der Waals surface area contributed by atoms with E-state index < -0.39 is 34.8 Å². The first-order valence-electron chi connectivity index (χ1n) is 12.4. The maximum atomic E-state index is 13.9. The normalized spacial score (nSPS) is 27.2. The second kappa shape index (κ2) is 8.05. The number of carbonyl (C=O) groups excluding carboxylic acids is 2. The molecule has 0 bridgehead atoms. The lowest BCUT2D eigenvalue weighted by Crippen LogP contribution is -2.56. The number of aromatic hydroxyl groups is 1. The summed E-state index contributed by atoms with van der Waals surface area (Å²) in [5, 5.41) is 21.2. The molecule has 4 aliphatic rings. The molecule has 2 aromatic rings. The van der Waals surface area contributed by atoms with Crippen LogP contribution in [0.4, 0.5) is 4.39 Å². The van der Waals surface area contributed by atoms with Gasteiger partial charge in [0.15, 0.2) is 5.75 Å². The molecule has 2 fully saturated rings. The SMILES string of the molecule is CC(O)CN1C(=O)c2c3c(c(O)c(=O)n2C12CCC1CCC12)C(=O)N(Cc1ccc(F)c(Cl)c1)CC3. The van der Waals surface area contributed by atoms with Crippen molar-refractivity contribution in [3.05, 3.63) is 61.8 Å². The minimum absolute atomic E-state index is 0.0590. The lowest BCUT2D eigenvalue weighted by molar-refractivity contribution is -0.0380. The first-order chi connectivity index (χ1) is 17.1. The van der Waals surface area contributed by atoms with E-state index in [4.69, 9.17) is 11.6 Å². The number of rotatable bonds is 4. The van der Waals surface area contributed by atoms with Crippen LogP contribution in [0.5, 0.6) is 5.75 Å². The van der Waals surface area contributed by atoms with Crippen molar-refractivity contribution in [2.75, 3.05) is 13.1 Å². The number of aliphatic hydroxyl groups excluding tert-OH is 1. The van der Waals surface area contributed by atoms with Crippen LogP contribution in [0.3, 0.4) is 0 Å². The summed E-state index contributed by atoms with van der Waals surface area (Å²) in [5.74, 6) is -1.66. The molecule has 2 amide bonds. The highest BCUT2D eigenvalue weighted by atomic mass is 35.5. The summed E-state index contributed by atoms with van der Waals surface area (Å²) >= 11 is 5.89. The van der Waals surface area contributed by atoms with Crippen molar-refractivity contribution in [2.24, 2.45) is 11.8 Å². The number of aliphatic hydroxyl groups is 1. The fourth-order valence-electron chi connectivity index (χ4n) is 6.94. The summed E-state index contributed by atoms with van der Waals surface area (Å²) < 4.78 is 15.0. The lowest BCUT2D eigenvalue weighted by atomic mass is 9.72. The van der Waals surface area contributed by atoms with E-state index in [1.165, 1.54) is 27.7 Å². The van der Waals surface area contributed by atoms with Gasteiger partial charge in [0.05, 0.1) is 16.7 Å². The summed E-state index contributed by atoms with van der Waals surface area (Å²) in [7, 11) is 0. The molecule has 1 aromatic heterocycles. The number of aromatic nitrogens is 1. The van der Waals surface area contributed by atoms with E-state index in [-0.39, 0.29) is 54.2 Å². The summed E-state index contributed by atoms with van der Waals surface area (Å²) in [6.07, 6.45) is 2.83. The Morgan fingerprint density at radius 3 is 2.61 bits per heavy atom. The summed E-state index contributed by atoms with van der Waals surface area (Å²) in [6, 6.07) is 4.19. The first-order valence-corrected chi connectivity index (χ1v) is 12.8. The molecule has 4 unspecified atom stereocenters. The molecular formula is C26H27ClFN3O5. The number of nitrogens with zero attached hydrogens (tertiary/aromatic N) is 3. The Balaban J connectivity index is 1.46. The van der Waals surface area contributed by atoms with Crippen LogP contribution in [-0.2, 0) is 18.6 Å². The molecule has 1 spiro atoms. The molecule has 3 heterocycles. The van der Waals surface area contributed by atoms with Crippen LogP contribution in [-0.4, -0.2) is 55.6 Å². The van der Waals surface area contributed by atoms with Crippen molar-refractivity contribution < 1.29 is 24.2 Å². The largest absolute Gasteiger partial charge is 0.502 e. The maximum absolute atomic E-state index is 13.9. The van der Waals surface area contributed by atoms with Gasteiger partial charge in [-0.25, -0.2) is 4.39 Å². The fourth-order valence-corrected chi connectivity index (χ4v) is 7.15. The molecule has 2 aliphatic heterocycles. The Bertz CT molecular complexity index is 1370. The van der Waals surface area contributed by atoms with Gasteiger partial charge in [-0.1, -0.05) is 17.7 Å². The third kappa shape index (κ3) is 3.05. The van der Waals surface area contributed by atoms with Gasteiger partial charge in [-0.15, -0.1) is 0 Å². The summed E-state index contributed by atoms with van der Waals surface area (Å²) in [6.45, 7) is 2.06. The molecule has 2 N–H and O–H groups in total. The van der Waals surface area contributed by atoms with Crippen LogP contribution < -0.4 is 5.56 Å². The van der Waals surface area contributed by atoms with Crippen LogP contribution in [0.15, 0.2) is 23.0 Å². The standard InChI is InChI=1S/C26H27ClFN3O5/c1-13(32)11-30-24(35)21-16-7-9-29(12-14-2-5-19(28)18(27)10-14)23(34)20(16)22(33)25(36)31(21)26(30)8-6-15-3-4-17(15)26/h2,5,10,13,15,17,32-33H,3-4,6-9,11-12H2,1H3. The topological polar surface area (TPSA) is 103 Å². The van der Waals surface area contributed by atoms with Gasteiger partial charge in [0.2, 0.25) is 0 Å². The third-order valence-electron chi connectivity index (χ3n) is 8.59. The average molecular weight is 516 g/mol. The minimum Gasteiger partial charge on any atom is -0.502 e. The third-order valence-corrected chi connectivity index (χ3v) is 8.88. The van der Waals surface area contributed by atoms with Gasteiger partial charge in [-0.3, -0.25) is 19.0 Å². The van der Waals surface area contributed by atoms with Gasteiger partial charge in [0, 0.05) is 31.1 Å². The van der Waals surface area contributed by atoms with Crippen molar-refractivity contribution in [1.82, 2.24) is 14.4 Å². The molecule has 0 radical (unpaired) electrons. The second-order valence-electron chi connectivity index (χ2n) is 10.5. The number of hydrogen-bond acceptors (Lipinski definition) is 5. The van der Waals surface area contributed by atoms with E-state index in [2.05, 4.69) is 0 Å². The summed E-state index contributed by atoms with van der Waals surface area (Å²) in [5.41, 5.74) is -0.643. The van der Waals surface area contributed by atoms with Gasteiger partial charge in [0.1, 0.15) is 17.2 Å². The van der Waals surface area contributed by atoms with Crippen molar-refractivity contribution in [2.45, 2.75) is 57.3 Å². The van der Waals surface area contributed by atoms with Crippen LogP contribution in [0.1, 0.15) is 64.6 Å². The predicted octanol–water partition coefficient (Wildman–Crippen LogP) is 2.85. The number of benzene rings is 1. The molecule has 2 saturated carbocycles. The fraction of sp³-hybridized carbons (Fsp3) is 0.500. The second-order valence-corrected chi connectivity index (χ2v) is 10.9. The number of hydrogen-bond donors (Lipinski definition) is 2.